The number of nitrogens with zero attached hydrogens (tertiary/aromatic N) is 2. The van der Waals surface area contributed by atoms with E-state index in [1.807, 2.05) is 12.1 Å². The molecule has 1 aromatic rings. The number of aliphatic hydroxyl groups excluding tert-OH is 1. The van der Waals surface area contributed by atoms with Crippen molar-refractivity contribution in [2.45, 2.75) is 12.6 Å². The van der Waals surface area contributed by atoms with Crippen LogP contribution in [0.4, 0.5) is 0 Å². The molecule has 1 saturated heterocycles. The molecule has 1 aromatic carbocycles. The van der Waals surface area contributed by atoms with Crippen LogP contribution in [0.15, 0.2) is 24.3 Å². The van der Waals surface area contributed by atoms with Crippen LogP contribution in [0.1, 0.15) is 5.56 Å². The highest BCUT2D eigenvalue weighted by atomic mass is 16.5. The molecule has 0 spiro atoms. The molecule has 0 aliphatic carbocycles. The van der Waals surface area contributed by atoms with E-state index in [1.165, 1.54) is 5.56 Å². The summed E-state index contributed by atoms with van der Waals surface area (Å²) in [5.41, 5.74) is 1.18. The molecule has 1 N–H and O–H groups in total. The van der Waals surface area contributed by atoms with Gasteiger partial charge in [-0.3, -0.25) is 9.80 Å². The minimum atomic E-state index is -0.564. The van der Waals surface area contributed by atoms with Gasteiger partial charge in [0.15, 0.2) is 0 Å². The van der Waals surface area contributed by atoms with Crippen molar-refractivity contribution in [2.75, 3.05) is 66.3 Å². The van der Waals surface area contributed by atoms with Crippen molar-refractivity contribution in [3.63, 3.8) is 0 Å². The van der Waals surface area contributed by atoms with Gasteiger partial charge in [0.25, 0.3) is 0 Å². The zero-order valence-corrected chi connectivity index (χ0v) is 15.6. The molecule has 1 fully saturated rings. The van der Waals surface area contributed by atoms with Crippen LogP contribution in [0.5, 0.6) is 5.75 Å². The Morgan fingerprint density at radius 1 is 1.31 bits per heavy atom. The third-order valence-electron chi connectivity index (χ3n) is 4.37. The van der Waals surface area contributed by atoms with Gasteiger partial charge in [0.2, 0.25) is 0 Å². The van der Waals surface area contributed by atoms with Crippen LogP contribution in [0, 0.1) is 12.3 Å². The number of benzene rings is 1. The fraction of sp³-hybridized carbons (Fsp3) is 0.600. The van der Waals surface area contributed by atoms with Gasteiger partial charge in [-0.05, 0) is 17.7 Å². The number of rotatable bonds is 11. The predicted molar refractivity (Wildman–Crippen MR) is 101 cm³/mol. The van der Waals surface area contributed by atoms with E-state index in [2.05, 4.69) is 27.9 Å². The second-order valence-corrected chi connectivity index (χ2v) is 6.41. The zero-order valence-electron chi connectivity index (χ0n) is 15.6. The first-order chi connectivity index (χ1) is 12.7. The highest BCUT2D eigenvalue weighted by Gasteiger charge is 2.16. The van der Waals surface area contributed by atoms with Gasteiger partial charge in [-0.15, -0.1) is 6.42 Å². The molecule has 1 heterocycles. The molecule has 2 rings (SSSR count). The average Bonchev–Trinajstić information content (AvgIpc) is 2.68. The third-order valence-corrected chi connectivity index (χ3v) is 4.37. The first-order valence-corrected chi connectivity index (χ1v) is 9.06. The van der Waals surface area contributed by atoms with E-state index < -0.39 is 6.10 Å². The normalized spacial score (nSPS) is 16.4. The fourth-order valence-corrected chi connectivity index (χ4v) is 2.94. The van der Waals surface area contributed by atoms with Crippen molar-refractivity contribution >= 4 is 0 Å². The molecule has 1 aliphatic heterocycles. The van der Waals surface area contributed by atoms with E-state index >= 15 is 0 Å². The van der Waals surface area contributed by atoms with Gasteiger partial charge in [-0.2, -0.15) is 0 Å². The van der Waals surface area contributed by atoms with Crippen LogP contribution in [-0.2, 0) is 16.0 Å². The van der Waals surface area contributed by atoms with Crippen molar-refractivity contribution in [3.8, 4) is 18.1 Å². The number of ether oxygens (including phenoxy) is 3. The molecule has 144 valence electrons. The van der Waals surface area contributed by atoms with E-state index in [9.17, 15) is 5.11 Å². The Kier molecular flexibility index (Phi) is 9.46. The van der Waals surface area contributed by atoms with Crippen molar-refractivity contribution < 1.29 is 19.3 Å². The summed E-state index contributed by atoms with van der Waals surface area (Å²) in [6.07, 6.45) is 4.62. The summed E-state index contributed by atoms with van der Waals surface area (Å²) in [5, 5.41) is 10.3. The molecular formula is C20H30N2O4. The molecule has 6 heteroatoms. The number of hydrogen-bond donors (Lipinski definition) is 1. The van der Waals surface area contributed by atoms with Crippen molar-refractivity contribution in [1.29, 1.82) is 0 Å². The van der Waals surface area contributed by atoms with E-state index in [-0.39, 0.29) is 13.2 Å². The minimum Gasteiger partial charge on any atom is -0.497 e. The molecule has 1 unspecified atom stereocenters. The second-order valence-electron chi connectivity index (χ2n) is 6.41. The van der Waals surface area contributed by atoms with E-state index in [0.717, 1.165) is 51.7 Å². The van der Waals surface area contributed by atoms with Gasteiger partial charge in [-0.25, -0.2) is 0 Å². The lowest BCUT2D eigenvalue weighted by atomic mass is 10.2. The van der Waals surface area contributed by atoms with E-state index in [1.54, 1.807) is 7.11 Å². The number of methoxy groups -OCH3 is 1. The van der Waals surface area contributed by atoms with Crippen molar-refractivity contribution in [3.05, 3.63) is 29.8 Å². The molecule has 1 aliphatic rings. The Morgan fingerprint density at radius 3 is 2.69 bits per heavy atom. The molecule has 0 aromatic heterocycles. The highest BCUT2D eigenvalue weighted by Crippen LogP contribution is 2.13. The highest BCUT2D eigenvalue weighted by molar-refractivity contribution is 5.27. The van der Waals surface area contributed by atoms with Crippen molar-refractivity contribution in [1.82, 2.24) is 9.80 Å². The summed E-state index contributed by atoms with van der Waals surface area (Å²) < 4.78 is 15.9. The van der Waals surface area contributed by atoms with Crippen LogP contribution < -0.4 is 4.74 Å². The molecule has 26 heavy (non-hydrogen) atoms. The first-order valence-electron chi connectivity index (χ1n) is 9.06. The summed E-state index contributed by atoms with van der Waals surface area (Å²) in [6.45, 7) is 7.12. The van der Waals surface area contributed by atoms with Crippen LogP contribution in [-0.4, -0.2) is 87.3 Å². The summed E-state index contributed by atoms with van der Waals surface area (Å²) >= 11 is 0. The SMILES string of the molecule is C#CCOCC(O)CN(CCN1CCOCC1)Cc1ccc(OC)cc1. The number of terminal acetylenes is 1. The summed E-state index contributed by atoms with van der Waals surface area (Å²) in [7, 11) is 1.66. The van der Waals surface area contributed by atoms with Gasteiger partial charge in [0, 0.05) is 39.3 Å². The zero-order chi connectivity index (χ0) is 18.6. The standard InChI is InChI=1S/C20H30N2O4/c1-3-12-26-17-19(23)16-22(9-8-21-10-13-25-14-11-21)15-18-4-6-20(24-2)7-5-18/h1,4-7,19,23H,8-17H2,2H3. The predicted octanol–water partition coefficient (Wildman–Crippen LogP) is 0.840. The Morgan fingerprint density at radius 2 is 2.04 bits per heavy atom. The topological polar surface area (TPSA) is 54.4 Å². The molecule has 0 saturated carbocycles. The first kappa shape index (κ1) is 20.7. The summed E-state index contributed by atoms with van der Waals surface area (Å²) in [5.74, 6) is 3.26. The maximum absolute atomic E-state index is 10.3. The monoisotopic (exact) mass is 362 g/mol. The Balaban J connectivity index is 1.88. The van der Waals surface area contributed by atoms with Gasteiger partial charge in [0.1, 0.15) is 12.4 Å². The Hall–Kier alpha value is -1.62. The number of aliphatic hydroxyl groups is 1. The van der Waals surface area contributed by atoms with Gasteiger partial charge in [0.05, 0.1) is 33.0 Å². The van der Waals surface area contributed by atoms with E-state index in [4.69, 9.17) is 20.6 Å². The largest absolute Gasteiger partial charge is 0.497 e. The Labute approximate surface area is 156 Å². The molecule has 0 bridgehead atoms. The lowest BCUT2D eigenvalue weighted by Crippen LogP contribution is -2.43. The molecular weight excluding hydrogens is 332 g/mol. The lowest BCUT2D eigenvalue weighted by molar-refractivity contribution is 0.0136. The average molecular weight is 362 g/mol. The minimum absolute atomic E-state index is 0.226. The number of hydrogen-bond acceptors (Lipinski definition) is 6. The van der Waals surface area contributed by atoms with Gasteiger partial charge in [-0.1, -0.05) is 18.1 Å². The molecule has 1 atom stereocenters. The Bertz CT molecular complexity index is 538. The van der Waals surface area contributed by atoms with Crippen LogP contribution in [0.25, 0.3) is 0 Å². The van der Waals surface area contributed by atoms with Gasteiger partial charge < -0.3 is 19.3 Å². The maximum atomic E-state index is 10.3. The number of morpholine rings is 1. The molecule has 6 nitrogen and oxygen atoms in total. The smallest absolute Gasteiger partial charge is 0.118 e. The van der Waals surface area contributed by atoms with Crippen molar-refractivity contribution in [2.24, 2.45) is 0 Å². The molecule has 0 radical (unpaired) electrons. The molecule has 0 amide bonds. The summed E-state index contributed by atoms with van der Waals surface area (Å²) in [4.78, 5) is 4.65. The van der Waals surface area contributed by atoms with Crippen LogP contribution in [0.2, 0.25) is 0 Å². The van der Waals surface area contributed by atoms with Gasteiger partial charge >= 0.3 is 0 Å². The van der Waals surface area contributed by atoms with Crippen LogP contribution in [0.3, 0.4) is 0 Å². The third kappa shape index (κ3) is 7.73. The fourth-order valence-electron chi connectivity index (χ4n) is 2.94. The maximum Gasteiger partial charge on any atom is 0.118 e. The summed E-state index contributed by atoms with van der Waals surface area (Å²) in [6, 6.07) is 8.04. The van der Waals surface area contributed by atoms with Crippen LogP contribution >= 0.6 is 0 Å². The lowest BCUT2D eigenvalue weighted by Gasteiger charge is -2.31. The quantitative estimate of drug-likeness (QED) is 0.465. The van der Waals surface area contributed by atoms with E-state index in [0.29, 0.717) is 6.54 Å². The second kappa shape index (κ2) is 11.9.